The van der Waals surface area contributed by atoms with Crippen LogP contribution in [0.25, 0.3) is 11.1 Å². The first-order valence-corrected chi connectivity index (χ1v) is 7.33. The first-order chi connectivity index (χ1) is 10.7. The Balaban J connectivity index is 1.82. The topological polar surface area (TPSA) is 105 Å². The summed E-state index contributed by atoms with van der Waals surface area (Å²) in [5.74, 6) is 0.444. The van der Waals surface area contributed by atoms with Gasteiger partial charge in [0, 0.05) is 18.5 Å². The number of nitro groups is 1. The zero-order valence-corrected chi connectivity index (χ0v) is 12.0. The SMILES string of the molecule is N#CCC1CCC(Nc2c([N+](=O)[O-])cnc3ccoc23)CC1. The molecule has 1 saturated carbocycles. The smallest absolute Gasteiger partial charge is 0.314 e. The highest BCUT2D eigenvalue weighted by molar-refractivity contribution is 5.91. The van der Waals surface area contributed by atoms with E-state index in [0.29, 0.717) is 29.1 Å². The Morgan fingerprint density at radius 3 is 2.91 bits per heavy atom. The van der Waals surface area contributed by atoms with Crippen molar-refractivity contribution in [3.63, 3.8) is 0 Å². The molecule has 114 valence electrons. The van der Waals surface area contributed by atoms with Gasteiger partial charge >= 0.3 is 5.69 Å². The van der Waals surface area contributed by atoms with E-state index in [-0.39, 0.29) is 11.7 Å². The third-order valence-corrected chi connectivity index (χ3v) is 4.23. The van der Waals surface area contributed by atoms with E-state index in [9.17, 15) is 10.1 Å². The largest absolute Gasteiger partial charge is 0.460 e. The van der Waals surface area contributed by atoms with Gasteiger partial charge in [0.1, 0.15) is 11.7 Å². The molecule has 1 N–H and O–H groups in total. The van der Waals surface area contributed by atoms with Crippen molar-refractivity contribution in [2.75, 3.05) is 5.32 Å². The highest BCUT2D eigenvalue weighted by atomic mass is 16.6. The monoisotopic (exact) mass is 300 g/mol. The molecule has 3 rings (SSSR count). The zero-order chi connectivity index (χ0) is 15.5. The number of fused-ring (bicyclic) bond motifs is 1. The molecule has 1 fully saturated rings. The number of nitrogens with zero attached hydrogens (tertiary/aromatic N) is 3. The molecule has 0 unspecified atom stereocenters. The molecule has 0 aromatic carbocycles. The summed E-state index contributed by atoms with van der Waals surface area (Å²) in [5, 5.41) is 23.2. The van der Waals surface area contributed by atoms with Crippen LogP contribution >= 0.6 is 0 Å². The minimum atomic E-state index is -0.446. The first kappa shape index (κ1) is 14.3. The van der Waals surface area contributed by atoms with Crippen LogP contribution in [0.4, 0.5) is 11.4 Å². The first-order valence-electron chi connectivity index (χ1n) is 7.33. The van der Waals surface area contributed by atoms with E-state index < -0.39 is 4.92 Å². The van der Waals surface area contributed by atoms with Crippen LogP contribution < -0.4 is 5.32 Å². The molecule has 2 heterocycles. The van der Waals surface area contributed by atoms with Gasteiger partial charge in [0.2, 0.25) is 0 Å². The highest BCUT2D eigenvalue weighted by Crippen LogP contribution is 2.35. The molecule has 7 nitrogen and oxygen atoms in total. The molecule has 0 saturated heterocycles. The molecular weight excluding hydrogens is 284 g/mol. The van der Waals surface area contributed by atoms with E-state index >= 15 is 0 Å². The van der Waals surface area contributed by atoms with Crippen LogP contribution in [-0.2, 0) is 0 Å². The van der Waals surface area contributed by atoms with E-state index in [1.165, 1.54) is 12.5 Å². The summed E-state index contributed by atoms with van der Waals surface area (Å²) >= 11 is 0. The van der Waals surface area contributed by atoms with Gasteiger partial charge < -0.3 is 9.73 Å². The fourth-order valence-corrected chi connectivity index (χ4v) is 3.02. The maximum atomic E-state index is 11.2. The molecule has 0 amide bonds. The van der Waals surface area contributed by atoms with Gasteiger partial charge in [-0.1, -0.05) is 0 Å². The van der Waals surface area contributed by atoms with Gasteiger partial charge in [-0.15, -0.1) is 0 Å². The number of nitriles is 1. The molecule has 0 atom stereocenters. The Bertz CT molecular complexity index is 726. The lowest BCUT2D eigenvalue weighted by Gasteiger charge is -2.28. The summed E-state index contributed by atoms with van der Waals surface area (Å²) in [5.41, 5.74) is 1.37. The van der Waals surface area contributed by atoms with Crippen LogP contribution in [0.2, 0.25) is 0 Å². The van der Waals surface area contributed by atoms with Gasteiger partial charge in [0.15, 0.2) is 11.3 Å². The van der Waals surface area contributed by atoms with E-state index in [4.69, 9.17) is 9.68 Å². The predicted molar refractivity (Wildman–Crippen MR) is 80.3 cm³/mol. The number of hydrogen-bond acceptors (Lipinski definition) is 6. The second kappa shape index (κ2) is 6.02. The summed E-state index contributed by atoms with van der Waals surface area (Å²) in [7, 11) is 0. The lowest BCUT2D eigenvalue weighted by atomic mass is 9.84. The Kier molecular flexibility index (Phi) is 3.92. The Hall–Kier alpha value is -2.62. The average molecular weight is 300 g/mol. The van der Waals surface area contributed by atoms with Crippen LogP contribution in [0.3, 0.4) is 0 Å². The van der Waals surface area contributed by atoms with Gasteiger partial charge in [-0.2, -0.15) is 5.26 Å². The molecule has 0 radical (unpaired) electrons. The molecule has 0 aliphatic heterocycles. The zero-order valence-electron chi connectivity index (χ0n) is 12.0. The molecule has 0 spiro atoms. The van der Waals surface area contributed by atoms with Crippen molar-refractivity contribution < 1.29 is 9.34 Å². The quantitative estimate of drug-likeness (QED) is 0.683. The summed E-state index contributed by atoms with van der Waals surface area (Å²) in [6.07, 6.45) is 7.06. The van der Waals surface area contributed by atoms with Gasteiger partial charge in [-0.25, -0.2) is 4.98 Å². The molecule has 7 heteroatoms. The fourth-order valence-electron chi connectivity index (χ4n) is 3.02. The molecule has 2 aromatic rings. The lowest BCUT2D eigenvalue weighted by Crippen LogP contribution is -2.26. The van der Waals surface area contributed by atoms with Gasteiger partial charge in [0.25, 0.3) is 0 Å². The molecule has 1 aliphatic carbocycles. The lowest BCUT2D eigenvalue weighted by molar-refractivity contribution is -0.384. The number of pyridine rings is 1. The van der Waals surface area contributed by atoms with Crippen LogP contribution in [0.15, 0.2) is 22.9 Å². The van der Waals surface area contributed by atoms with E-state index in [0.717, 1.165) is 25.7 Å². The maximum Gasteiger partial charge on any atom is 0.314 e. The standard InChI is InChI=1S/C15H16N4O3/c16-7-5-10-1-3-11(4-2-10)18-14-13(19(20)21)9-17-12-6-8-22-15(12)14/h6,8-11H,1-5H2,(H,17,18). The van der Waals surface area contributed by atoms with Crippen LogP contribution in [-0.4, -0.2) is 15.9 Å². The second-order valence-corrected chi connectivity index (χ2v) is 5.63. The average Bonchev–Trinajstić information content (AvgIpc) is 2.98. The predicted octanol–water partition coefficient (Wildman–Crippen LogP) is 3.62. The third-order valence-electron chi connectivity index (χ3n) is 4.23. The third kappa shape index (κ3) is 2.72. The number of anilines is 1. The maximum absolute atomic E-state index is 11.2. The van der Waals surface area contributed by atoms with Crippen molar-refractivity contribution in [2.24, 2.45) is 5.92 Å². The van der Waals surface area contributed by atoms with Crippen molar-refractivity contribution >= 4 is 22.5 Å². The van der Waals surface area contributed by atoms with E-state index in [1.807, 2.05) is 0 Å². The number of hydrogen-bond donors (Lipinski definition) is 1. The summed E-state index contributed by atoms with van der Waals surface area (Å²) in [6.45, 7) is 0. The number of aromatic nitrogens is 1. The van der Waals surface area contributed by atoms with Crippen molar-refractivity contribution in [3.8, 4) is 6.07 Å². The van der Waals surface area contributed by atoms with Crippen molar-refractivity contribution in [2.45, 2.75) is 38.1 Å². The summed E-state index contributed by atoms with van der Waals surface area (Å²) in [6, 6.07) is 4.06. The molecule has 22 heavy (non-hydrogen) atoms. The normalized spacial score (nSPS) is 21.4. The Labute approximate surface area is 127 Å². The summed E-state index contributed by atoms with van der Waals surface area (Å²) < 4.78 is 5.37. The van der Waals surface area contributed by atoms with Gasteiger partial charge in [-0.05, 0) is 31.6 Å². The van der Waals surface area contributed by atoms with Crippen molar-refractivity contribution in [1.82, 2.24) is 4.98 Å². The molecule has 1 aliphatic rings. The number of furan rings is 1. The second-order valence-electron chi connectivity index (χ2n) is 5.63. The molecule has 2 aromatic heterocycles. The van der Waals surface area contributed by atoms with Crippen molar-refractivity contribution in [1.29, 1.82) is 5.26 Å². The van der Waals surface area contributed by atoms with Gasteiger partial charge in [0.05, 0.1) is 17.3 Å². The Morgan fingerprint density at radius 1 is 1.45 bits per heavy atom. The minimum absolute atomic E-state index is 0.0680. The van der Waals surface area contributed by atoms with Crippen LogP contribution in [0.1, 0.15) is 32.1 Å². The van der Waals surface area contributed by atoms with Gasteiger partial charge in [-0.3, -0.25) is 10.1 Å². The van der Waals surface area contributed by atoms with E-state index in [2.05, 4.69) is 16.4 Å². The van der Waals surface area contributed by atoms with Crippen molar-refractivity contribution in [3.05, 3.63) is 28.6 Å². The Morgan fingerprint density at radius 2 is 2.23 bits per heavy atom. The number of nitrogens with one attached hydrogen (secondary N) is 1. The number of rotatable bonds is 4. The minimum Gasteiger partial charge on any atom is -0.460 e. The molecular formula is C15H16N4O3. The fraction of sp³-hybridized carbons (Fsp3) is 0.467. The summed E-state index contributed by atoms with van der Waals surface area (Å²) in [4.78, 5) is 14.8. The highest BCUT2D eigenvalue weighted by Gasteiger charge is 2.26. The van der Waals surface area contributed by atoms with Crippen LogP contribution in [0, 0.1) is 27.4 Å². The van der Waals surface area contributed by atoms with E-state index in [1.54, 1.807) is 6.07 Å². The van der Waals surface area contributed by atoms with Crippen LogP contribution in [0.5, 0.6) is 0 Å². The molecule has 0 bridgehead atoms.